The van der Waals surface area contributed by atoms with Crippen molar-refractivity contribution in [2.45, 2.75) is 19.3 Å². The summed E-state index contributed by atoms with van der Waals surface area (Å²) >= 11 is 1.87. The van der Waals surface area contributed by atoms with Crippen LogP contribution in [0.25, 0.3) is 75.1 Å². The van der Waals surface area contributed by atoms with Crippen LogP contribution in [0.15, 0.2) is 168 Å². The third kappa shape index (κ3) is 4.06. The number of benzene rings is 8. The predicted molar refractivity (Wildman–Crippen MR) is 222 cm³/mol. The number of hydrogen-bond acceptors (Lipinski definition) is 3. The minimum absolute atomic E-state index is 0.132. The topological polar surface area (TPSA) is 16.4 Å². The molecule has 11 rings (SSSR count). The van der Waals surface area contributed by atoms with Crippen molar-refractivity contribution in [1.82, 2.24) is 0 Å². The van der Waals surface area contributed by atoms with Crippen LogP contribution in [0.3, 0.4) is 0 Å². The highest BCUT2D eigenvalue weighted by molar-refractivity contribution is 7.26. The summed E-state index contributed by atoms with van der Waals surface area (Å²) in [5.74, 6) is 0. The number of anilines is 3. The number of rotatable bonds is 4. The van der Waals surface area contributed by atoms with Gasteiger partial charge in [0.15, 0.2) is 0 Å². The Morgan fingerprint density at radius 1 is 0.481 bits per heavy atom. The van der Waals surface area contributed by atoms with Crippen molar-refractivity contribution in [2.75, 3.05) is 4.90 Å². The van der Waals surface area contributed by atoms with E-state index in [4.69, 9.17) is 4.42 Å². The maximum atomic E-state index is 6.94. The zero-order valence-corrected chi connectivity index (χ0v) is 29.7. The van der Waals surface area contributed by atoms with E-state index >= 15 is 0 Å². The third-order valence-electron chi connectivity index (χ3n) is 11.3. The molecule has 10 aromatic rings. The second-order valence-corrected chi connectivity index (χ2v) is 15.5. The highest BCUT2D eigenvalue weighted by atomic mass is 32.1. The molecule has 0 N–H and O–H groups in total. The van der Waals surface area contributed by atoms with Gasteiger partial charge < -0.3 is 9.32 Å². The fraction of sp³-hybridized carbons (Fsp3) is 0.0612. The van der Waals surface area contributed by atoms with Gasteiger partial charge in [-0.3, -0.25) is 0 Å². The first-order chi connectivity index (χ1) is 25.6. The summed E-state index contributed by atoms with van der Waals surface area (Å²) in [6.07, 6.45) is 0. The van der Waals surface area contributed by atoms with Gasteiger partial charge >= 0.3 is 0 Å². The number of fused-ring (bicyclic) bond motifs is 10. The first-order valence-corrected chi connectivity index (χ1v) is 18.8. The van der Waals surface area contributed by atoms with E-state index in [0.29, 0.717) is 0 Å². The number of thiophene rings is 1. The van der Waals surface area contributed by atoms with E-state index in [1.165, 1.54) is 70.1 Å². The zero-order valence-electron chi connectivity index (χ0n) is 28.9. The second kappa shape index (κ2) is 10.9. The van der Waals surface area contributed by atoms with Gasteiger partial charge in [-0.25, -0.2) is 0 Å². The first-order valence-electron chi connectivity index (χ1n) is 17.9. The van der Waals surface area contributed by atoms with Crippen LogP contribution in [-0.4, -0.2) is 0 Å². The molecule has 2 aromatic heterocycles. The molecule has 246 valence electrons. The fourth-order valence-electron chi connectivity index (χ4n) is 8.89. The summed E-state index contributed by atoms with van der Waals surface area (Å²) < 4.78 is 9.50. The first kappa shape index (κ1) is 29.6. The molecule has 3 heteroatoms. The normalized spacial score (nSPS) is 13.3. The average molecular weight is 684 g/mol. The highest BCUT2D eigenvalue weighted by Gasteiger charge is 2.38. The van der Waals surface area contributed by atoms with Crippen molar-refractivity contribution in [3.8, 4) is 22.3 Å². The molecule has 0 saturated heterocycles. The lowest BCUT2D eigenvalue weighted by molar-refractivity contribution is 0.660. The summed E-state index contributed by atoms with van der Waals surface area (Å²) in [4.78, 5) is 2.53. The molecule has 0 atom stereocenters. The van der Waals surface area contributed by atoms with Crippen LogP contribution in [0.4, 0.5) is 17.1 Å². The largest absolute Gasteiger partial charge is 0.455 e. The van der Waals surface area contributed by atoms with Crippen LogP contribution < -0.4 is 4.90 Å². The minimum atomic E-state index is -0.132. The maximum absolute atomic E-state index is 6.94. The van der Waals surface area contributed by atoms with Crippen LogP contribution in [-0.2, 0) is 5.41 Å². The number of nitrogens with zero attached hydrogens (tertiary/aromatic N) is 1. The molecule has 1 aliphatic rings. The molecule has 8 aromatic carbocycles. The maximum Gasteiger partial charge on any atom is 0.145 e. The Hall–Kier alpha value is -6.16. The van der Waals surface area contributed by atoms with E-state index in [9.17, 15) is 0 Å². The van der Waals surface area contributed by atoms with Crippen LogP contribution >= 0.6 is 11.3 Å². The quantitative estimate of drug-likeness (QED) is 0.184. The Kier molecular flexibility index (Phi) is 6.21. The van der Waals surface area contributed by atoms with E-state index in [0.717, 1.165) is 33.2 Å². The van der Waals surface area contributed by atoms with Crippen LogP contribution in [0.2, 0.25) is 0 Å². The van der Waals surface area contributed by atoms with E-state index in [-0.39, 0.29) is 5.41 Å². The van der Waals surface area contributed by atoms with Crippen molar-refractivity contribution in [3.63, 3.8) is 0 Å². The lowest BCUT2D eigenvalue weighted by atomic mass is 9.82. The van der Waals surface area contributed by atoms with Gasteiger partial charge in [0.2, 0.25) is 0 Å². The molecule has 0 fully saturated rings. The molecule has 0 spiro atoms. The standard InChI is InChI=1S/C49H33NOS/c1-49(2)38-22-8-5-18-36(38)45-39(49)23-13-24-40(45)50(42-25-12-21-35-33-17-7-10-27-44(33)52-48(35)42)41-29-28-34(32-20-11-15-30-14-3-4-16-31(30)32)47-46(41)37-19-6-9-26-43(37)51-47/h3-29H,1-2H3. The molecule has 0 bridgehead atoms. The molecular formula is C49H33NOS. The Morgan fingerprint density at radius 2 is 1.13 bits per heavy atom. The number of para-hydroxylation sites is 1. The van der Waals surface area contributed by atoms with E-state index < -0.39 is 0 Å². The molecule has 1 aliphatic carbocycles. The van der Waals surface area contributed by atoms with Gasteiger partial charge in [-0.15, -0.1) is 11.3 Å². The van der Waals surface area contributed by atoms with Crippen LogP contribution in [0, 0.1) is 0 Å². The molecule has 52 heavy (non-hydrogen) atoms. The van der Waals surface area contributed by atoms with Crippen LogP contribution in [0.5, 0.6) is 0 Å². The van der Waals surface area contributed by atoms with Crippen molar-refractivity contribution in [2.24, 2.45) is 0 Å². The molecule has 0 unspecified atom stereocenters. The molecular weight excluding hydrogens is 651 g/mol. The van der Waals surface area contributed by atoms with Crippen molar-refractivity contribution < 1.29 is 4.42 Å². The SMILES string of the molecule is CC1(C)c2ccccc2-c2c(N(c3cccc4c3sc3ccccc34)c3ccc(-c4cccc5ccccc45)c4oc5ccccc5c34)cccc21. The summed E-state index contributed by atoms with van der Waals surface area (Å²) in [6.45, 7) is 4.72. The predicted octanol–water partition coefficient (Wildman–Crippen LogP) is 14.6. The molecule has 2 heterocycles. The van der Waals surface area contributed by atoms with Gasteiger partial charge in [0.1, 0.15) is 11.2 Å². The van der Waals surface area contributed by atoms with Crippen molar-refractivity contribution >= 4 is 81.3 Å². The monoisotopic (exact) mass is 683 g/mol. The molecule has 0 aliphatic heterocycles. The summed E-state index contributed by atoms with van der Waals surface area (Å²) in [5, 5.41) is 7.22. The van der Waals surface area contributed by atoms with Gasteiger partial charge in [0.05, 0.1) is 27.1 Å². The third-order valence-corrected chi connectivity index (χ3v) is 12.5. The lowest BCUT2D eigenvalue weighted by Crippen LogP contribution is -2.16. The van der Waals surface area contributed by atoms with E-state index in [1.807, 2.05) is 11.3 Å². The highest BCUT2D eigenvalue weighted by Crippen LogP contribution is 2.57. The van der Waals surface area contributed by atoms with Crippen molar-refractivity contribution in [3.05, 3.63) is 175 Å². The molecule has 0 amide bonds. The van der Waals surface area contributed by atoms with Crippen molar-refractivity contribution in [1.29, 1.82) is 0 Å². The minimum Gasteiger partial charge on any atom is -0.455 e. The summed E-state index contributed by atoms with van der Waals surface area (Å²) in [5.41, 5.74) is 12.7. The van der Waals surface area contributed by atoms with Gasteiger partial charge in [-0.2, -0.15) is 0 Å². The molecule has 0 saturated carbocycles. The van der Waals surface area contributed by atoms with Gasteiger partial charge in [0, 0.05) is 37.4 Å². The Bertz CT molecular complexity index is 3060. The second-order valence-electron chi connectivity index (χ2n) is 14.4. The summed E-state index contributed by atoms with van der Waals surface area (Å²) in [7, 11) is 0. The Labute approximate surface area is 305 Å². The lowest BCUT2D eigenvalue weighted by Gasteiger charge is -2.30. The van der Waals surface area contributed by atoms with E-state index in [1.54, 1.807) is 0 Å². The number of hydrogen-bond donors (Lipinski definition) is 0. The van der Waals surface area contributed by atoms with E-state index in [2.05, 4.69) is 183 Å². The van der Waals surface area contributed by atoms with Gasteiger partial charge in [-0.1, -0.05) is 141 Å². The van der Waals surface area contributed by atoms with Crippen LogP contribution in [0.1, 0.15) is 25.0 Å². The zero-order chi connectivity index (χ0) is 34.6. The Balaban J connectivity index is 1.29. The average Bonchev–Trinajstić information content (AvgIpc) is 3.84. The smallest absolute Gasteiger partial charge is 0.145 e. The molecule has 0 radical (unpaired) electrons. The Morgan fingerprint density at radius 3 is 2.06 bits per heavy atom. The fourth-order valence-corrected chi connectivity index (χ4v) is 10.1. The summed E-state index contributed by atoms with van der Waals surface area (Å²) in [6, 6.07) is 59.7. The molecule has 2 nitrogen and oxygen atoms in total. The number of furan rings is 1. The van der Waals surface area contributed by atoms with Gasteiger partial charge in [-0.05, 0) is 69.4 Å². The van der Waals surface area contributed by atoms with Gasteiger partial charge in [0.25, 0.3) is 0 Å².